The molecule has 3 atom stereocenters. The molecule has 3 fully saturated rings. The lowest BCUT2D eigenvalue weighted by atomic mass is 9.75. The van der Waals surface area contributed by atoms with E-state index >= 15 is 0 Å². The summed E-state index contributed by atoms with van der Waals surface area (Å²) in [7, 11) is -0.509. The van der Waals surface area contributed by atoms with Crippen LogP contribution < -0.4 is 16.0 Å². The third-order valence-electron chi connectivity index (χ3n) is 7.49. The summed E-state index contributed by atoms with van der Waals surface area (Å²) in [6.07, 6.45) is 3.19. The molecule has 1 aromatic carbocycles. The Hall–Kier alpha value is -2.73. The van der Waals surface area contributed by atoms with E-state index in [9.17, 15) is 22.9 Å². The number of hydrazine groups is 1. The van der Waals surface area contributed by atoms with Gasteiger partial charge in [-0.2, -0.15) is 4.31 Å². The van der Waals surface area contributed by atoms with Gasteiger partial charge >= 0.3 is 6.03 Å². The molecule has 11 nitrogen and oxygen atoms in total. The first-order valence-electron chi connectivity index (χ1n) is 11.8. The molecule has 0 aliphatic carbocycles. The van der Waals surface area contributed by atoms with E-state index < -0.39 is 10.0 Å². The van der Waals surface area contributed by atoms with E-state index in [1.54, 1.807) is 24.2 Å². The molecule has 4 rings (SSSR count). The molecule has 3 amide bonds. The SMILES string of the molecule is CNC(=O)Nc1ccc(S(=O)(=O)N2CCC(C3CCN4C(C3)C(C(=O)NC)C[N+]4=O)CC2)cc1. The maximum atomic E-state index is 13.1. The second kappa shape index (κ2) is 9.87. The van der Waals surface area contributed by atoms with Crippen LogP contribution in [0.5, 0.6) is 0 Å². The third-order valence-corrected chi connectivity index (χ3v) is 9.40. The smallest absolute Gasteiger partial charge is 0.318 e. The van der Waals surface area contributed by atoms with Crippen LogP contribution >= 0.6 is 0 Å². The van der Waals surface area contributed by atoms with Gasteiger partial charge in [-0.05, 0) is 61.8 Å². The lowest BCUT2D eigenvalue weighted by Gasteiger charge is -2.39. The molecule has 0 spiro atoms. The van der Waals surface area contributed by atoms with Crippen LogP contribution in [-0.2, 0) is 14.8 Å². The van der Waals surface area contributed by atoms with Gasteiger partial charge in [-0.1, -0.05) is 0 Å². The number of hydrogen-bond donors (Lipinski definition) is 3. The van der Waals surface area contributed by atoms with Crippen molar-refractivity contribution in [3.05, 3.63) is 29.2 Å². The predicted octanol–water partition coefficient (Wildman–Crippen LogP) is 0.989. The van der Waals surface area contributed by atoms with Crippen molar-refractivity contribution in [3.63, 3.8) is 0 Å². The van der Waals surface area contributed by atoms with Crippen molar-refractivity contribution in [2.45, 2.75) is 36.6 Å². The fourth-order valence-corrected chi connectivity index (χ4v) is 7.04. The van der Waals surface area contributed by atoms with Crippen LogP contribution in [0.15, 0.2) is 29.2 Å². The molecule has 34 heavy (non-hydrogen) atoms. The van der Waals surface area contributed by atoms with Crippen LogP contribution in [0.25, 0.3) is 0 Å². The molecule has 3 saturated heterocycles. The summed E-state index contributed by atoms with van der Waals surface area (Å²) in [6, 6.07) is 5.72. The van der Waals surface area contributed by atoms with Gasteiger partial charge in [0.15, 0.2) is 0 Å². The van der Waals surface area contributed by atoms with Gasteiger partial charge in [0, 0.05) is 32.9 Å². The Morgan fingerprint density at radius 3 is 2.24 bits per heavy atom. The molecule has 3 heterocycles. The Morgan fingerprint density at radius 1 is 0.971 bits per heavy atom. The number of nitrogens with zero attached hydrogens (tertiary/aromatic N) is 3. The lowest BCUT2D eigenvalue weighted by Crippen LogP contribution is -2.48. The molecule has 186 valence electrons. The molecule has 3 N–H and O–H groups in total. The summed E-state index contributed by atoms with van der Waals surface area (Å²) in [4.78, 5) is 37.1. The minimum absolute atomic E-state index is 0.0834. The van der Waals surface area contributed by atoms with Crippen molar-refractivity contribution in [2.75, 3.05) is 45.6 Å². The van der Waals surface area contributed by atoms with Gasteiger partial charge in [0.05, 0.1) is 16.3 Å². The number of carbonyl (C=O) groups is 2. The zero-order chi connectivity index (χ0) is 24.5. The molecule has 3 unspecified atom stereocenters. The monoisotopic (exact) mass is 493 g/mol. The zero-order valence-corrected chi connectivity index (χ0v) is 20.4. The molecule has 0 bridgehead atoms. The summed E-state index contributed by atoms with van der Waals surface area (Å²) in [5.74, 6) is 0.330. The number of carbonyl (C=O) groups excluding carboxylic acids is 2. The highest BCUT2D eigenvalue weighted by atomic mass is 32.2. The summed E-state index contributed by atoms with van der Waals surface area (Å²) in [5, 5.41) is 9.53. The minimum atomic E-state index is -3.62. The Bertz CT molecular complexity index is 1040. The summed E-state index contributed by atoms with van der Waals surface area (Å²) < 4.78 is 27.8. The standard InChI is InChI=1S/C22H32N6O5S/c1-23-21(29)19-14-28(31)27-12-9-16(13-20(19)27)15-7-10-26(11-8-15)34(32,33)18-5-3-17(4-6-18)25-22(30)24-2/h3-6,15-16,19-20H,7-14H2,1-2H3,(H2-,23,24,25,29,30)/p+1. The highest BCUT2D eigenvalue weighted by molar-refractivity contribution is 7.89. The second-order valence-electron chi connectivity index (χ2n) is 9.24. The minimum Gasteiger partial charge on any atom is -0.359 e. The largest absolute Gasteiger partial charge is 0.359 e. The van der Waals surface area contributed by atoms with Crippen LogP contribution in [0.1, 0.15) is 25.7 Å². The molecule has 1 aromatic rings. The summed E-state index contributed by atoms with van der Waals surface area (Å²) >= 11 is 0. The van der Waals surface area contributed by atoms with Gasteiger partial charge in [0.2, 0.25) is 22.5 Å². The number of benzene rings is 1. The summed E-state index contributed by atoms with van der Waals surface area (Å²) in [5.41, 5.74) is 0.516. The molecular weight excluding hydrogens is 460 g/mol. The lowest BCUT2D eigenvalue weighted by molar-refractivity contribution is -0.692. The van der Waals surface area contributed by atoms with Crippen LogP contribution in [0.2, 0.25) is 0 Å². The van der Waals surface area contributed by atoms with Crippen LogP contribution in [0.3, 0.4) is 0 Å². The number of rotatable bonds is 5. The van der Waals surface area contributed by atoms with Gasteiger partial charge in [-0.25, -0.2) is 13.2 Å². The van der Waals surface area contributed by atoms with E-state index in [-0.39, 0.29) is 35.3 Å². The number of nitrogens with one attached hydrogen (secondary N) is 3. The maximum absolute atomic E-state index is 13.1. The number of piperidine rings is 2. The van der Waals surface area contributed by atoms with E-state index in [0.29, 0.717) is 37.2 Å². The molecule has 3 aliphatic heterocycles. The third kappa shape index (κ3) is 4.74. The fraction of sp³-hybridized carbons (Fsp3) is 0.636. The van der Waals surface area contributed by atoms with E-state index in [1.165, 1.54) is 23.5 Å². The van der Waals surface area contributed by atoms with Crippen LogP contribution in [0, 0.1) is 22.7 Å². The normalized spacial score (nSPS) is 26.1. The van der Waals surface area contributed by atoms with Crippen LogP contribution in [-0.4, -0.2) is 80.9 Å². The predicted molar refractivity (Wildman–Crippen MR) is 125 cm³/mol. The van der Waals surface area contributed by atoms with Crippen molar-refractivity contribution < 1.29 is 22.9 Å². The van der Waals surface area contributed by atoms with Crippen molar-refractivity contribution in [2.24, 2.45) is 17.8 Å². The number of fused-ring (bicyclic) bond motifs is 1. The van der Waals surface area contributed by atoms with Crippen molar-refractivity contribution in [1.82, 2.24) is 19.9 Å². The molecule has 0 aromatic heterocycles. The van der Waals surface area contributed by atoms with Crippen molar-refractivity contribution >= 4 is 27.6 Å². The van der Waals surface area contributed by atoms with Crippen molar-refractivity contribution in [1.29, 1.82) is 0 Å². The van der Waals surface area contributed by atoms with Gasteiger partial charge in [0.1, 0.15) is 16.8 Å². The van der Waals surface area contributed by atoms with Crippen molar-refractivity contribution in [3.8, 4) is 0 Å². The fourth-order valence-electron chi connectivity index (χ4n) is 5.57. The average Bonchev–Trinajstić information content (AvgIpc) is 3.19. The molecular formula is C22H33N6O5S+. The first-order chi connectivity index (χ1) is 16.2. The van der Waals surface area contributed by atoms with E-state index in [1.807, 2.05) is 0 Å². The molecule has 0 radical (unpaired) electrons. The van der Waals surface area contributed by atoms with Gasteiger partial charge in [-0.15, -0.1) is 5.01 Å². The Morgan fingerprint density at radius 2 is 1.62 bits per heavy atom. The Balaban J connectivity index is 1.36. The second-order valence-corrected chi connectivity index (χ2v) is 11.2. The number of amides is 3. The zero-order valence-electron chi connectivity index (χ0n) is 19.6. The number of nitroso groups, excluding NO2 is 1. The number of hydrogen-bond acceptors (Lipinski definition) is 5. The van der Waals surface area contributed by atoms with Gasteiger partial charge in [-0.3, -0.25) is 4.79 Å². The highest BCUT2D eigenvalue weighted by Crippen LogP contribution is 2.40. The quantitative estimate of drug-likeness (QED) is 0.525. The van der Waals surface area contributed by atoms with E-state index in [0.717, 1.165) is 30.6 Å². The number of urea groups is 1. The first-order valence-corrected chi connectivity index (χ1v) is 13.2. The average molecular weight is 494 g/mol. The van der Waals surface area contributed by atoms with E-state index in [2.05, 4.69) is 16.0 Å². The molecule has 12 heteroatoms. The highest BCUT2D eigenvalue weighted by Gasteiger charge is 2.53. The van der Waals surface area contributed by atoms with Gasteiger partial charge in [0.25, 0.3) is 0 Å². The number of anilines is 1. The maximum Gasteiger partial charge on any atom is 0.318 e. The Labute approximate surface area is 199 Å². The Kier molecular flexibility index (Phi) is 7.08. The summed E-state index contributed by atoms with van der Waals surface area (Å²) in [6.45, 7) is 1.73. The topological polar surface area (TPSA) is 131 Å². The first kappa shape index (κ1) is 24.4. The molecule has 3 aliphatic rings. The number of sulfonamides is 1. The van der Waals surface area contributed by atoms with Crippen LogP contribution in [0.4, 0.5) is 10.5 Å². The van der Waals surface area contributed by atoms with E-state index in [4.69, 9.17) is 0 Å². The molecule has 0 saturated carbocycles. The van der Waals surface area contributed by atoms with Gasteiger partial charge < -0.3 is 16.0 Å².